The lowest BCUT2D eigenvalue weighted by Crippen LogP contribution is -2.07. The Balaban J connectivity index is 2.06. The Hall–Kier alpha value is -1.67. The van der Waals surface area contributed by atoms with E-state index in [0.717, 1.165) is 25.1 Å². The van der Waals surface area contributed by atoms with Gasteiger partial charge in [-0.3, -0.25) is 4.98 Å². The van der Waals surface area contributed by atoms with Crippen LogP contribution in [0.2, 0.25) is 0 Å². The standard InChI is InChI=1S/C16H20N2/c1-13(9-10-17)12-14-5-7-15(8-6-14)16-4-2-3-11-18-16/h2-8,11,13H,9-10,12,17H2,1H3. The molecule has 0 aliphatic carbocycles. The molecule has 2 aromatic rings. The maximum absolute atomic E-state index is 5.57. The first-order valence-corrected chi connectivity index (χ1v) is 6.50. The molecule has 1 aromatic carbocycles. The van der Waals surface area contributed by atoms with Crippen LogP contribution in [0.25, 0.3) is 11.3 Å². The number of aromatic nitrogens is 1. The Morgan fingerprint density at radius 2 is 1.89 bits per heavy atom. The van der Waals surface area contributed by atoms with Crippen LogP contribution >= 0.6 is 0 Å². The van der Waals surface area contributed by atoms with Crippen molar-refractivity contribution in [1.29, 1.82) is 0 Å². The van der Waals surface area contributed by atoms with E-state index in [0.29, 0.717) is 5.92 Å². The van der Waals surface area contributed by atoms with Crippen LogP contribution in [0.1, 0.15) is 18.9 Å². The maximum Gasteiger partial charge on any atom is 0.0701 e. The zero-order chi connectivity index (χ0) is 12.8. The van der Waals surface area contributed by atoms with Gasteiger partial charge in [0.15, 0.2) is 0 Å². The fourth-order valence-electron chi connectivity index (χ4n) is 2.13. The molecule has 2 N–H and O–H groups in total. The van der Waals surface area contributed by atoms with Gasteiger partial charge in [-0.2, -0.15) is 0 Å². The number of hydrogen-bond donors (Lipinski definition) is 1. The third kappa shape index (κ3) is 3.41. The molecule has 18 heavy (non-hydrogen) atoms. The van der Waals surface area contributed by atoms with Crippen LogP contribution in [0.4, 0.5) is 0 Å². The molecule has 1 heterocycles. The van der Waals surface area contributed by atoms with Gasteiger partial charge in [-0.05, 0) is 43.0 Å². The average Bonchev–Trinajstić information content (AvgIpc) is 2.41. The predicted molar refractivity (Wildman–Crippen MR) is 76.2 cm³/mol. The van der Waals surface area contributed by atoms with Crippen molar-refractivity contribution in [3.63, 3.8) is 0 Å². The maximum atomic E-state index is 5.57. The second-order valence-electron chi connectivity index (χ2n) is 4.80. The monoisotopic (exact) mass is 240 g/mol. The zero-order valence-electron chi connectivity index (χ0n) is 10.8. The summed E-state index contributed by atoms with van der Waals surface area (Å²) in [6.45, 7) is 3.02. The molecule has 0 saturated heterocycles. The molecule has 1 unspecified atom stereocenters. The number of rotatable bonds is 5. The minimum Gasteiger partial charge on any atom is -0.330 e. The second kappa shape index (κ2) is 6.31. The molecule has 0 saturated carbocycles. The van der Waals surface area contributed by atoms with E-state index in [-0.39, 0.29) is 0 Å². The summed E-state index contributed by atoms with van der Waals surface area (Å²) < 4.78 is 0. The van der Waals surface area contributed by atoms with Gasteiger partial charge in [-0.15, -0.1) is 0 Å². The van der Waals surface area contributed by atoms with Crippen LogP contribution in [0, 0.1) is 5.92 Å². The third-order valence-electron chi connectivity index (χ3n) is 3.16. The molecule has 2 heteroatoms. The van der Waals surface area contributed by atoms with Crippen molar-refractivity contribution in [1.82, 2.24) is 4.98 Å². The van der Waals surface area contributed by atoms with Gasteiger partial charge in [-0.1, -0.05) is 37.3 Å². The topological polar surface area (TPSA) is 38.9 Å². The van der Waals surface area contributed by atoms with Crippen molar-refractivity contribution >= 4 is 0 Å². The Kier molecular flexibility index (Phi) is 4.48. The number of hydrogen-bond acceptors (Lipinski definition) is 2. The van der Waals surface area contributed by atoms with Crippen LogP contribution in [-0.2, 0) is 6.42 Å². The van der Waals surface area contributed by atoms with E-state index in [1.165, 1.54) is 11.1 Å². The molecular formula is C16H20N2. The van der Waals surface area contributed by atoms with E-state index >= 15 is 0 Å². The van der Waals surface area contributed by atoms with E-state index in [1.54, 1.807) is 0 Å². The van der Waals surface area contributed by atoms with Gasteiger partial charge in [0.1, 0.15) is 0 Å². The lowest BCUT2D eigenvalue weighted by molar-refractivity contribution is 0.538. The first-order valence-electron chi connectivity index (χ1n) is 6.50. The number of benzene rings is 1. The summed E-state index contributed by atoms with van der Waals surface area (Å²) in [4.78, 5) is 4.35. The summed E-state index contributed by atoms with van der Waals surface area (Å²) in [5.74, 6) is 0.649. The zero-order valence-corrected chi connectivity index (χ0v) is 10.8. The summed E-state index contributed by atoms with van der Waals surface area (Å²) in [6, 6.07) is 14.7. The highest BCUT2D eigenvalue weighted by atomic mass is 14.7. The van der Waals surface area contributed by atoms with Crippen molar-refractivity contribution in [2.45, 2.75) is 19.8 Å². The Morgan fingerprint density at radius 1 is 1.11 bits per heavy atom. The molecule has 0 bridgehead atoms. The average molecular weight is 240 g/mol. The lowest BCUT2D eigenvalue weighted by Gasteiger charge is -2.10. The SMILES string of the molecule is CC(CCN)Cc1ccc(-c2ccccn2)cc1. The quantitative estimate of drug-likeness (QED) is 0.871. The highest BCUT2D eigenvalue weighted by molar-refractivity contribution is 5.58. The van der Waals surface area contributed by atoms with E-state index in [9.17, 15) is 0 Å². The first kappa shape index (κ1) is 12.8. The van der Waals surface area contributed by atoms with Gasteiger partial charge >= 0.3 is 0 Å². The normalized spacial score (nSPS) is 12.3. The van der Waals surface area contributed by atoms with Crippen LogP contribution < -0.4 is 5.73 Å². The molecule has 1 atom stereocenters. The Bertz CT molecular complexity index is 462. The summed E-state index contributed by atoms with van der Waals surface area (Å²) in [7, 11) is 0. The van der Waals surface area contributed by atoms with E-state index in [1.807, 2.05) is 24.4 Å². The molecule has 0 aliphatic heterocycles. The summed E-state index contributed by atoms with van der Waals surface area (Å²) in [6.07, 6.45) is 4.01. The molecule has 2 nitrogen and oxygen atoms in total. The van der Waals surface area contributed by atoms with Crippen LogP contribution in [0.3, 0.4) is 0 Å². The first-order chi connectivity index (χ1) is 8.79. The fourth-order valence-corrected chi connectivity index (χ4v) is 2.13. The number of nitrogens with zero attached hydrogens (tertiary/aromatic N) is 1. The Labute approximate surface area is 109 Å². The van der Waals surface area contributed by atoms with E-state index in [2.05, 4.69) is 36.2 Å². The Morgan fingerprint density at radius 3 is 2.50 bits per heavy atom. The van der Waals surface area contributed by atoms with Crippen LogP contribution in [-0.4, -0.2) is 11.5 Å². The van der Waals surface area contributed by atoms with Crippen molar-refractivity contribution in [3.8, 4) is 11.3 Å². The highest BCUT2D eigenvalue weighted by Gasteiger charge is 2.03. The smallest absolute Gasteiger partial charge is 0.0701 e. The van der Waals surface area contributed by atoms with E-state index < -0.39 is 0 Å². The molecule has 0 amide bonds. The fraction of sp³-hybridized carbons (Fsp3) is 0.312. The van der Waals surface area contributed by atoms with Crippen molar-refractivity contribution in [2.75, 3.05) is 6.54 Å². The van der Waals surface area contributed by atoms with E-state index in [4.69, 9.17) is 5.73 Å². The third-order valence-corrected chi connectivity index (χ3v) is 3.16. The number of pyridine rings is 1. The van der Waals surface area contributed by atoms with Crippen LogP contribution in [0.15, 0.2) is 48.7 Å². The lowest BCUT2D eigenvalue weighted by atomic mass is 9.97. The van der Waals surface area contributed by atoms with Crippen molar-refractivity contribution < 1.29 is 0 Å². The molecule has 0 spiro atoms. The van der Waals surface area contributed by atoms with Gasteiger partial charge in [0, 0.05) is 11.8 Å². The van der Waals surface area contributed by atoms with Gasteiger partial charge in [-0.25, -0.2) is 0 Å². The predicted octanol–water partition coefficient (Wildman–Crippen LogP) is 3.28. The minimum absolute atomic E-state index is 0.649. The minimum atomic E-state index is 0.649. The van der Waals surface area contributed by atoms with Crippen molar-refractivity contribution in [2.24, 2.45) is 11.7 Å². The second-order valence-corrected chi connectivity index (χ2v) is 4.80. The summed E-state index contributed by atoms with van der Waals surface area (Å²) >= 11 is 0. The molecule has 2 rings (SSSR count). The molecular weight excluding hydrogens is 220 g/mol. The van der Waals surface area contributed by atoms with Crippen molar-refractivity contribution in [3.05, 3.63) is 54.2 Å². The van der Waals surface area contributed by atoms with Crippen LogP contribution in [0.5, 0.6) is 0 Å². The largest absolute Gasteiger partial charge is 0.330 e. The van der Waals surface area contributed by atoms with Gasteiger partial charge in [0.2, 0.25) is 0 Å². The summed E-state index contributed by atoms with van der Waals surface area (Å²) in [5.41, 5.74) is 9.14. The molecule has 0 aliphatic rings. The molecule has 1 aromatic heterocycles. The summed E-state index contributed by atoms with van der Waals surface area (Å²) in [5, 5.41) is 0. The van der Waals surface area contributed by atoms with Gasteiger partial charge < -0.3 is 5.73 Å². The molecule has 94 valence electrons. The number of nitrogens with two attached hydrogens (primary N) is 1. The van der Waals surface area contributed by atoms with Gasteiger partial charge in [0.25, 0.3) is 0 Å². The van der Waals surface area contributed by atoms with Gasteiger partial charge in [0.05, 0.1) is 5.69 Å². The molecule has 0 fully saturated rings. The highest BCUT2D eigenvalue weighted by Crippen LogP contribution is 2.18. The molecule has 0 radical (unpaired) electrons.